The van der Waals surface area contributed by atoms with Crippen LogP contribution in [0, 0.1) is 5.92 Å². The van der Waals surface area contributed by atoms with Crippen molar-refractivity contribution in [2.24, 2.45) is 5.92 Å². The molecule has 1 aliphatic carbocycles. The second-order valence-electron chi connectivity index (χ2n) is 5.78. The molecule has 0 aromatic carbocycles. The van der Waals surface area contributed by atoms with Crippen LogP contribution in [-0.4, -0.2) is 23.5 Å². The Labute approximate surface area is 121 Å². The predicted octanol–water partition coefficient (Wildman–Crippen LogP) is 3.21. The molecule has 2 rings (SSSR count). The summed E-state index contributed by atoms with van der Waals surface area (Å²) >= 11 is 0. The molecule has 1 aromatic heterocycles. The Balaban J connectivity index is 1.94. The van der Waals surface area contributed by atoms with Crippen LogP contribution in [0.25, 0.3) is 0 Å². The SMILES string of the molecule is CCCNc1cccc(C(=O)NC2CCCC(C)C2)n1. The van der Waals surface area contributed by atoms with Crippen LogP contribution < -0.4 is 10.6 Å². The van der Waals surface area contributed by atoms with Gasteiger partial charge in [0, 0.05) is 12.6 Å². The minimum Gasteiger partial charge on any atom is -0.370 e. The standard InChI is InChI=1S/C16H25N3O/c1-3-10-17-15-9-5-8-14(19-15)16(20)18-13-7-4-6-12(2)11-13/h5,8-9,12-13H,3-4,6-7,10-11H2,1-2H3,(H,17,19)(H,18,20). The zero-order valence-corrected chi connectivity index (χ0v) is 12.5. The summed E-state index contributed by atoms with van der Waals surface area (Å²) in [6.45, 7) is 5.23. The highest BCUT2D eigenvalue weighted by molar-refractivity contribution is 5.92. The smallest absolute Gasteiger partial charge is 0.270 e. The van der Waals surface area contributed by atoms with Crippen molar-refractivity contribution in [2.45, 2.75) is 52.0 Å². The van der Waals surface area contributed by atoms with Crippen molar-refractivity contribution in [3.8, 4) is 0 Å². The van der Waals surface area contributed by atoms with E-state index in [1.807, 2.05) is 12.1 Å². The van der Waals surface area contributed by atoms with Gasteiger partial charge in [0.15, 0.2) is 0 Å². The molecule has 20 heavy (non-hydrogen) atoms. The van der Waals surface area contributed by atoms with Gasteiger partial charge in [-0.2, -0.15) is 0 Å². The van der Waals surface area contributed by atoms with Gasteiger partial charge in [-0.3, -0.25) is 4.79 Å². The number of amides is 1. The lowest BCUT2D eigenvalue weighted by molar-refractivity contribution is 0.0916. The highest BCUT2D eigenvalue weighted by atomic mass is 16.1. The first kappa shape index (κ1) is 14.8. The molecule has 4 heteroatoms. The van der Waals surface area contributed by atoms with Gasteiger partial charge in [-0.1, -0.05) is 32.8 Å². The van der Waals surface area contributed by atoms with Gasteiger partial charge in [-0.25, -0.2) is 4.98 Å². The molecule has 0 radical (unpaired) electrons. The van der Waals surface area contributed by atoms with Crippen LogP contribution in [0.15, 0.2) is 18.2 Å². The van der Waals surface area contributed by atoms with Crippen LogP contribution in [0.1, 0.15) is 56.4 Å². The van der Waals surface area contributed by atoms with Crippen LogP contribution >= 0.6 is 0 Å². The maximum Gasteiger partial charge on any atom is 0.270 e. The number of pyridine rings is 1. The molecule has 1 saturated carbocycles. The Morgan fingerprint density at radius 1 is 1.40 bits per heavy atom. The van der Waals surface area contributed by atoms with E-state index in [0.717, 1.165) is 31.6 Å². The molecule has 1 aliphatic rings. The molecule has 2 unspecified atom stereocenters. The molecule has 0 bridgehead atoms. The largest absolute Gasteiger partial charge is 0.370 e. The molecule has 0 spiro atoms. The lowest BCUT2D eigenvalue weighted by Crippen LogP contribution is -2.38. The van der Waals surface area contributed by atoms with Gasteiger partial charge in [0.1, 0.15) is 11.5 Å². The van der Waals surface area contributed by atoms with Gasteiger partial charge in [0.05, 0.1) is 0 Å². The Kier molecular flexibility index (Phi) is 5.39. The normalized spacial score (nSPS) is 22.3. The first-order chi connectivity index (χ1) is 9.69. The molecule has 1 amide bonds. The molecule has 110 valence electrons. The lowest BCUT2D eigenvalue weighted by Gasteiger charge is -2.27. The van der Waals surface area contributed by atoms with Gasteiger partial charge in [0.2, 0.25) is 0 Å². The summed E-state index contributed by atoms with van der Waals surface area (Å²) in [7, 11) is 0. The first-order valence-electron chi connectivity index (χ1n) is 7.71. The van der Waals surface area contributed by atoms with E-state index < -0.39 is 0 Å². The Hall–Kier alpha value is -1.58. The van der Waals surface area contributed by atoms with Gasteiger partial charge < -0.3 is 10.6 Å². The van der Waals surface area contributed by atoms with Gasteiger partial charge in [0.25, 0.3) is 5.91 Å². The summed E-state index contributed by atoms with van der Waals surface area (Å²) < 4.78 is 0. The summed E-state index contributed by atoms with van der Waals surface area (Å²) in [6.07, 6.45) is 5.69. The van der Waals surface area contributed by atoms with E-state index in [2.05, 4.69) is 29.5 Å². The molecule has 2 N–H and O–H groups in total. The molecular formula is C16H25N3O. The predicted molar refractivity (Wildman–Crippen MR) is 81.9 cm³/mol. The summed E-state index contributed by atoms with van der Waals surface area (Å²) in [5.74, 6) is 1.43. The molecule has 1 aromatic rings. The fourth-order valence-corrected chi connectivity index (χ4v) is 2.74. The quantitative estimate of drug-likeness (QED) is 0.867. The number of hydrogen-bond donors (Lipinski definition) is 2. The third-order valence-electron chi connectivity index (χ3n) is 3.81. The summed E-state index contributed by atoms with van der Waals surface area (Å²) in [6, 6.07) is 5.86. The van der Waals surface area contributed by atoms with E-state index in [1.165, 1.54) is 12.8 Å². The zero-order valence-electron chi connectivity index (χ0n) is 12.5. The van der Waals surface area contributed by atoms with Crippen molar-refractivity contribution in [3.05, 3.63) is 23.9 Å². The molecule has 0 aliphatic heterocycles. The average molecular weight is 275 g/mol. The van der Waals surface area contributed by atoms with Gasteiger partial charge >= 0.3 is 0 Å². The van der Waals surface area contributed by atoms with E-state index in [0.29, 0.717) is 17.7 Å². The van der Waals surface area contributed by atoms with Crippen LogP contribution in [0.2, 0.25) is 0 Å². The van der Waals surface area contributed by atoms with E-state index in [4.69, 9.17) is 0 Å². The van der Waals surface area contributed by atoms with Crippen molar-refractivity contribution >= 4 is 11.7 Å². The molecule has 1 heterocycles. The number of nitrogens with zero attached hydrogens (tertiary/aromatic N) is 1. The average Bonchev–Trinajstić information content (AvgIpc) is 2.45. The van der Waals surface area contributed by atoms with E-state index in [9.17, 15) is 4.79 Å². The van der Waals surface area contributed by atoms with Crippen LogP contribution in [0.5, 0.6) is 0 Å². The monoisotopic (exact) mass is 275 g/mol. The Bertz CT molecular complexity index is 447. The number of rotatable bonds is 5. The summed E-state index contributed by atoms with van der Waals surface area (Å²) in [5, 5.41) is 6.33. The Morgan fingerprint density at radius 3 is 3.00 bits per heavy atom. The number of carbonyl (C=O) groups is 1. The van der Waals surface area contributed by atoms with Crippen molar-refractivity contribution < 1.29 is 4.79 Å². The fraction of sp³-hybridized carbons (Fsp3) is 0.625. The molecule has 0 saturated heterocycles. The van der Waals surface area contributed by atoms with Crippen LogP contribution in [0.3, 0.4) is 0 Å². The van der Waals surface area contributed by atoms with Crippen molar-refractivity contribution in [3.63, 3.8) is 0 Å². The van der Waals surface area contributed by atoms with E-state index in [-0.39, 0.29) is 5.91 Å². The minimum atomic E-state index is -0.0516. The van der Waals surface area contributed by atoms with Crippen LogP contribution in [0.4, 0.5) is 5.82 Å². The van der Waals surface area contributed by atoms with E-state index in [1.54, 1.807) is 6.07 Å². The van der Waals surface area contributed by atoms with Gasteiger partial charge in [-0.15, -0.1) is 0 Å². The number of nitrogens with one attached hydrogen (secondary N) is 2. The second kappa shape index (κ2) is 7.27. The van der Waals surface area contributed by atoms with E-state index >= 15 is 0 Å². The molecule has 1 fully saturated rings. The summed E-state index contributed by atoms with van der Waals surface area (Å²) in [4.78, 5) is 16.6. The minimum absolute atomic E-state index is 0.0516. The number of carbonyl (C=O) groups excluding carboxylic acids is 1. The zero-order chi connectivity index (χ0) is 14.4. The highest BCUT2D eigenvalue weighted by Gasteiger charge is 2.21. The van der Waals surface area contributed by atoms with Crippen LogP contribution in [-0.2, 0) is 0 Å². The van der Waals surface area contributed by atoms with Crippen molar-refractivity contribution in [1.29, 1.82) is 0 Å². The number of hydrogen-bond acceptors (Lipinski definition) is 3. The maximum absolute atomic E-state index is 12.2. The molecular weight excluding hydrogens is 250 g/mol. The molecule has 2 atom stereocenters. The van der Waals surface area contributed by atoms with Crippen molar-refractivity contribution in [2.75, 3.05) is 11.9 Å². The lowest BCUT2D eigenvalue weighted by atomic mass is 9.87. The number of aromatic nitrogens is 1. The maximum atomic E-state index is 12.2. The molecule has 4 nitrogen and oxygen atoms in total. The second-order valence-corrected chi connectivity index (χ2v) is 5.78. The summed E-state index contributed by atoms with van der Waals surface area (Å²) in [5.41, 5.74) is 0.504. The number of anilines is 1. The third kappa shape index (κ3) is 4.22. The highest BCUT2D eigenvalue weighted by Crippen LogP contribution is 2.23. The topological polar surface area (TPSA) is 54.0 Å². The first-order valence-corrected chi connectivity index (χ1v) is 7.71. The van der Waals surface area contributed by atoms with Gasteiger partial charge in [-0.05, 0) is 37.3 Å². The third-order valence-corrected chi connectivity index (χ3v) is 3.81. The Morgan fingerprint density at radius 2 is 2.25 bits per heavy atom. The van der Waals surface area contributed by atoms with Crippen molar-refractivity contribution in [1.82, 2.24) is 10.3 Å². The fourth-order valence-electron chi connectivity index (χ4n) is 2.74.